The number of hydrogen-bond donors (Lipinski definition) is 1. The molecular formula is C13H10BrClFNO3S. The second-order valence-corrected chi connectivity index (χ2v) is 6.94. The highest BCUT2D eigenvalue weighted by Crippen LogP contribution is 2.30. The number of methoxy groups -OCH3 is 1. The van der Waals surface area contributed by atoms with Crippen LogP contribution >= 0.6 is 27.5 Å². The molecule has 0 aliphatic heterocycles. The third-order valence-corrected chi connectivity index (χ3v) is 5.27. The van der Waals surface area contributed by atoms with Crippen molar-refractivity contribution >= 4 is 43.2 Å². The van der Waals surface area contributed by atoms with E-state index in [9.17, 15) is 12.8 Å². The Morgan fingerprint density at radius 1 is 1.24 bits per heavy atom. The van der Waals surface area contributed by atoms with Crippen LogP contribution in [0.3, 0.4) is 0 Å². The molecule has 0 spiro atoms. The van der Waals surface area contributed by atoms with Crippen molar-refractivity contribution in [2.45, 2.75) is 4.90 Å². The van der Waals surface area contributed by atoms with Gasteiger partial charge in [0.2, 0.25) is 0 Å². The average Bonchev–Trinajstić information content (AvgIpc) is 2.40. The minimum absolute atomic E-state index is 0.0946. The lowest BCUT2D eigenvalue weighted by molar-refractivity contribution is 0.415. The van der Waals surface area contributed by atoms with Crippen LogP contribution in [0.15, 0.2) is 45.8 Å². The first-order valence-corrected chi connectivity index (χ1v) is 8.30. The molecule has 0 aliphatic rings. The predicted octanol–water partition coefficient (Wildman–Crippen LogP) is 4.05. The molecule has 0 atom stereocenters. The van der Waals surface area contributed by atoms with Gasteiger partial charge in [0.15, 0.2) is 0 Å². The first-order valence-electron chi connectivity index (χ1n) is 5.65. The highest BCUT2D eigenvalue weighted by atomic mass is 79.9. The molecule has 2 rings (SSSR count). The van der Waals surface area contributed by atoms with Gasteiger partial charge < -0.3 is 4.74 Å². The maximum Gasteiger partial charge on any atom is 0.263 e. The molecule has 0 heterocycles. The minimum atomic E-state index is -3.91. The maximum absolute atomic E-state index is 13.0. The van der Waals surface area contributed by atoms with E-state index in [1.165, 1.54) is 19.2 Å². The van der Waals surface area contributed by atoms with E-state index in [4.69, 9.17) is 16.3 Å². The Morgan fingerprint density at radius 2 is 1.95 bits per heavy atom. The smallest absolute Gasteiger partial charge is 0.263 e. The molecule has 0 bridgehead atoms. The van der Waals surface area contributed by atoms with Crippen molar-refractivity contribution in [3.05, 3.63) is 51.7 Å². The molecule has 112 valence electrons. The lowest BCUT2D eigenvalue weighted by Gasteiger charge is -2.12. The third-order valence-electron chi connectivity index (χ3n) is 2.60. The van der Waals surface area contributed by atoms with Gasteiger partial charge in [-0.1, -0.05) is 11.6 Å². The highest BCUT2D eigenvalue weighted by Gasteiger charge is 2.19. The molecule has 0 aliphatic carbocycles. The van der Waals surface area contributed by atoms with Gasteiger partial charge in [0.1, 0.15) is 16.5 Å². The molecule has 2 aromatic carbocycles. The number of ether oxygens (including phenoxy) is 1. The van der Waals surface area contributed by atoms with Crippen molar-refractivity contribution in [3.63, 3.8) is 0 Å². The number of anilines is 1. The van der Waals surface area contributed by atoms with Gasteiger partial charge in [-0.05, 0) is 46.3 Å². The summed E-state index contributed by atoms with van der Waals surface area (Å²) in [5, 5.41) is 0.220. The number of halogens is 3. The fourth-order valence-electron chi connectivity index (χ4n) is 1.60. The Labute approximate surface area is 135 Å². The van der Waals surface area contributed by atoms with Gasteiger partial charge in [-0.3, -0.25) is 4.72 Å². The van der Waals surface area contributed by atoms with Crippen molar-refractivity contribution in [3.8, 4) is 5.75 Å². The summed E-state index contributed by atoms with van der Waals surface area (Å²) in [4.78, 5) is -0.0946. The Morgan fingerprint density at radius 3 is 2.57 bits per heavy atom. The SMILES string of the molecule is COc1ccc(Cl)c(NS(=O)(=O)c2ccc(F)cc2Br)c1. The van der Waals surface area contributed by atoms with Gasteiger partial charge in [0.25, 0.3) is 10.0 Å². The van der Waals surface area contributed by atoms with Crippen LogP contribution in [-0.2, 0) is 10.0 Å². The minimum Gasteiger partial charge on any atom is -0.497 e. The number of hydrogen-bond acceptors (Lipinski definition) is 3. The second-order valence-electron chi connectivity index (χ2n) is 4.03. The zero-order chi connectivity index (χ0) is 15.6. The van der Waals surface area contributed by atoms with E-state index < -0.39 is 15.8 Å². The molecule has 0 saturated carbocycles. The molecule has 0 saturated heterocycles. The Hall–Kier alpha value is -1.31. The summed E-state index contributed by atoms with van der Waals surface area (Å²) in [6.45, 7) is 0. The molecule has 8 heteroatoms. The quantitative estimate of drug-likeness (QED) is 0.851. The summed E-state index contributed by atoms with van der Waals surface area (Å²) >= 11 is 8.98. The summed E-state index contributed by atoms with van der Waals surface area (Å²) in [7, 11) is -2.46. The van der Waals surface area contributed by atoms with Crippen LogP contribution in [-0.4, -0.2) is 15.5 Å². The Bertz CT molecular complexity index is 783. The standard InChI is InChI=1S/C13H10BrClFNO3S/c1-20-9-3-4-11(15)12(7-9)17-21(18,19)13-5-2-8(16)6-10(13)14/h2-7,17H,1H3. The molecular weight excluding hydrogens is 385 g/mol. The molecule has 0 radical (unpaired) electrons. The van der Waals surface area contributed by atoms with Crippen LogP contribution in [0.25, 0.3) is 0 Å². The molecule has 1 N–H and O–H groups in total. The summed E-state index contributed by atoms with van der Waals surface area (Å²) < 4.78 is 45.2. The number of rotatable bonds is 4. The molecule has 0 amide bonds. The second kappa shape index (κ2) is 6.21. The van der Waals surface area contributed by atoms with Gasteiger partial charge in [-0.15, -0.1) is 0 Å². The summed E-state index contributed by atoms with van der Waals surface area (Å²) in [5.41, 5.74) is 0.173. The molecule has 0 unspecified atom stereocenters. The van der Waals surface area contributed by atoms with Crippen LogP contribution in [0.2, 0.25) is 5.02 Å². The molecule has 0 fully saturated rings. The highest BCUT2D eigenvalue weighted by molar-refractivity contribution is 9.10. The van der Waals surface area contributed by atoms with Crippen LogP contribution in [0.4, 0.5) is 10.1 Å². The first-order chi connectivity index (χ1) is 9.83. The lowest BCUT2D eigenvalue weighted by Crippen LogP contribution is -2.14. The summed E-state index contributed by atoms with van der Waals surface area (Å²) in [6, 6.07) is 7.87. The van der Waals surface area contributed by atoms with Gasteiger partial charge in [-0.25, -0.2) is 12.8 Å². The normalized spacial score (nSPS) is 11.2. The Balaban J connectivity index is 2.42. The summed E-state index contributed by atoms with van der Waals surface area (Å²) in [6.07, 6.45) is 0. The maximum atomic E-state index is 13.0. The van der Waals surface area contributed by atoms with Crippen LogP contribution in [0.5, 0.6) is 5.75 Å². The van der Waals surface area contributed by atoms with Crippen molar-refractivity contribution in [2.75, 3.05) is 11.8 Å². The van der Waals surface area contributed by atoms with Crippen molar-refractivity contribution in [1.82, 2.24) is 0 Å². The van der Waals surface area contributed by atoms with Crippen molar-refractivity contribution in [2.24, 2.45) is 0 Å². The first kappa shape index (κ1) is 16.1. The zero-order valence-electron chi connectivity index (χ0n) is 10.7. The fourth-order valence-corrected chi connectivity index (χ4v) is 3.94. The molecule has 2 aromatic rings. The van der Waals surface area contributed by atoms with Crippen LogP contribution in [0.1, 0.15) is 0 Å². The average molecular weight is 395 g/mol. The van der Waals surface area contributed by atoms with Gasteiger partial charge >= 0.3 is 0 Å². The third kappa shape index (κ3) is 3.66. The number of nitrogens with one attached hydrogen (secondary N) is 1. The number of sulfonamides is 1. The predicted molar refractivity (Wildman–Crippen MR) is 82.9 cm³/mol. The number of benzene rings is 2. The molecule has 0 aromatic heterocycles. The van der Waals surface area contributed by atoms with E-state index >= 15 is 0 Å². The van der Waals surface area contributed by atoms with E-state index in [0.29, 0.717) is 5.75 Å². The molecule has 4 nitrogen and oxygen atoms in total. The van der Waals surface area contributed by atoms with Gasteiger partial charge in [-0.2, -0.15) is 0 Å². The van der Waals surface area contributed by atoms with Gasteiger partial charge in [0.05, 0.1) is 17.8 Å². The Kier molecular flexibility index (Phi) is 4.75. The van der Waals surface area contributed by atoms with E-state index in [1.807, 2.05) is 0 Å². The zero-order valence-corrected chi connectivity index (χ0v) is 13.9. The van der Waals surface area contributed by atoms with E-state index in [-0.39, 0.29) is 20.1 Å². The van der Waals surface area contributed by atoms with Crippen LogP contribution < -0.4 is 9.46 Å². The largest absolute Gasteiger partial charge is 0.497 e. The van der Waals surface area contributed by atoms with E-state index in [2.05, 4.69) is 20.7 Å². The van der Waals surface area contributed by atoms with Crippen molar-refractivity contribution in [1.29, 1.82) is 0 Å². The van der Waals surface area contributed by atoms with E-state index in [1.54, 1.807) is 6.07 Å². The molecule has 21 heavy (non-hydrogen) atoms. The summed E-state index contributed by atoms with van der Waals surface area (Å²) in [5.74, 6) is -0.0875. The van der Waals surface area contributed by atoms with Crippen molar-refractivity contribution < 1.29 is 17.5 Å². The van der Waals surface area contributed by atoms with Crippen LogP contribution in [0, 0.1) is 5.82 Å². The fraction of sp³-hybridized carbons (Fsp3) is 0.0769. The van der Waals surface area contributed by atoms with Gasteiger partial charge in [0, 0.05) is 10.5 Å². The lowest BCUT2D eigenvalue weighted by atomic mass is 10.3. The topological polar surface area (TPSA) is 55.4 Å². The monoisotopic (exact) mass is 393 g/mol. The van der Waals surface area contributed by atoms with E-state index in [0.717, 1.165) is 18.2 Å².